The zero-order valence-electron chi connectivity index (χ0n) is 17.5. The maximum atomic E-state index is 13.0. The van der Waals surface area contributed by atoms with Crippen molar-refractivity contribution < 1.29 is 12.6 Å². The maximum absolute atomic E-state index is 13.0. The Morgan fingerprint density at radius 1 is 0.880 bits per heavy atom. The van der Waals surface area contributed by atoms with Crippen LogP contribution in [-0.4, -0.2) is 15.0 Å². The summed E-state index contributed by atoms with van der Waals surface area (Å²) in [5.74, 6) is 0. The molecule has 4 heteroatoms. The molecule has 1 aromatic rings. The lowest BCUT2D eigenvalue weighted by atomic mass is 9.78. The highest BCUT2D eigenvalue weighted by molar-refractivity contribution is 7.86. The molecule has 0 bridgehead atoms. The first-order valence-electron chi connectivity index (χ1n) is 9.21. The Morgan fingerprint density at radius 3 is 1.84 bits per heavy atom. The molecule has 0 aliphatic heterocycles. The van der Waals surface area contributed by atoms with Gasteiger partial charge in [0.25, 0.3) is 10.1 Å². The van der Waals surface area contributed by atoms with Gasteiger partial charge in [-0.3, -0.25) is 4.18 Å². The van der Waals surface area contributed by atoms with Crippen molar-refractivity contribution in [2.45, 2.75) is 90.9 Å². The van der Waals surface area contributed by atoms with E-state index < -0.39 is 10.1 Å². The molecule has 25 heavy (non-hydrogen) atoms. The van der Waals surface area contributed by atoms with E-state index in [1.807, 2.05) is 32.9 Å². The molecule has 0 amide bonds. The Morgan fingerprint density at radius 2 is 1.40 bits per heavy atom. The van der Waals surface area contributed by atoms with Gasteiger partial charge in [0, 0.05) is 0 Å². The van der Waals surface area contributed by atoms with Gasteiger partial charge in [0.05, 0.1) is 11.5 Å². The second-order valence-corrected chi connectivity index (χ2v) is 11.0. The van der Waals surface area contributed by atoms with Crippen LogP contribution in [0.2, 0.25) is 0 Å². The Kier molecular flexibility index (Phi) is 6.56. The fraction of sp³-hybridized carbons (Fsp3) is 0.714. The lowest BCUT2D eigenvalue weighted by Gasteiger charge is -2.30. The largest absolute Gasteiger partial charge is 0.297 e. The molecular weight excluding hydrogens is 332 g/mol. The van der Waals surface area contributed by atoms with Gasteiger partial charge in [-0.2, -0.15) is 8.42 Å². The van der Waals surface area contributed by atoms with Crippen LogP contribution in [0.25, 0.3) is 0 Å². The molecule has 0 spiro atoms. The molecule has 0 saturated carbocycles. The molecule has 0 N–H and O–H groups in total. The van der Waals surface area contributed by atoms with E-state index in [9.17, 15) is 8.42 Å². The van der Waals surface area contributed by atoms with E-state index in [4.69, 9.17) is 4.18 Å². The highest BCUT2D eigenvalue weighted by Gasteiger charge is 2.31. The molecule has 144 valence electrons. The smallest absolute Gasteiger partial charge is 0.266 e. The molecule has 0 fully saturated rings. The van der Waals surface area contributed by atoms with Crippen molar-refractivity contribution in [3.63, 3.8) is 0 Å². The van der Waals surface area contributed by atoms with Crippen molar-refractivity contribution >= 4 is 10.1 Å². The minimum Gasteiger partial charge on any atom is -0.266 e. The van der Waals surface area contributed by atoms with Gasteiger partial charge < -0.3 is 0 Å². The van der Waals surface area contributed by atoms with Gasteiger partial charge in [-0.05, 0) is 46.3 Å². The molecule has 1 rings (SSSR count). The molecule has 3 nitrogen and oxygen atoms in total. The molecule has 0 atom stereocenters. The first kappa shape index (κ1) is 22.2. The van der Waals surface area contributed by atoms with Crippen molar-refractivity contribution in [2.24, 2.45) is 5.41 Å². The Balaban J connectivity index is 3.54. The summed E-state index contributed by atoms with van der Waals surface area (Å²) in [4.78, 5) is 0.322. The molecule has 1 aromatic carbocycles. The summed E-state index contributed by atoms with van der Waals surface area (Å²) in [7, 11) is -3.81. The van der Waals surface area contributed by atoms with Gasteiger partial charge in [-0.25, -0.2) is 0 Å². The Labute approximate surface area is 155 Å². The second kappa shape index (κ2) is 7.40. The standard InChI is InChI=1S/C21H36O3S/c1-10-20(6,7)16-12-13-17(21(8,9)11-2)18(14-16)25(22,23)24-15-19(3,4)5/h12-14H,10-11,15H2,1-9H3. The van der Waals surface area contributed by atoms with Crippen LogP contribution in [0.4, 0.5) is 0 Å². The van der Waals surface area contributed by atoms with Crippen LogP contribution in [0.5, 0.6) is 0 Å². The molecule has 0 aromatic heterocycles. The van der Waals surface area contributed by atoms with E-state index in [0.717, 1.165) is 24.0 Å². The van der Waals surface area contributed by atoms with E-state index in [1.54, 1.807) is 0 Å². The van der Waals surface area contributed by atoms with Crippen LogP contribution in [0, 0.1) is 5.41 Å². The summed E-state index contributed by atoms with van der Waals surface area (Å²) in [5, 5.41) is 0. The van der Waals surface area contributed by atoms with Crippen LogP contribution in [0.15, 0.2) is 23.1 Å². The SMILES string of the molecule is CCC(C)(C)c1ccc(C(C)(C)CC)c(S(=O)(=O)OCC(C)(C)C)c1. The van der Waals surface area contributed by atoms with E-state index in [-0.39, 0.29) is 22.9 Å². The third kappa shape index (κ3) is 5.55. The molecule has 0 radical (unpaired) electrons. The van der Waals surface area contributed by atoms with Gasteiger partial charge in [0.2, 0.25) is 0 Å². The predicted molar refractivity (Wildman–Crippen MR) is 106 cm³/mol. The average molecular weight is 369 g/mol. The van der Waals surface area contributed by atoms with Crippen LogP contribution in [0.1, 0.15) is 86.3 Å². The quantitative estimate of drug-likeness (QED) is 0.570. The van der Waals surface area contributed by atoms with E-state index in [2.05, 4.69) is 47.6 Å². The lowest BCUT2D eigenvalue weighted by Crippen LogP contribution is -2.25. The van der Waals surface area contributed by atoms with E-state index >= 15 is 0 Å². The van der Waals surface area contributed by atoms with Gasteiger partial charge in [-0.1, -0.05) is 74.4 Å². The zero-order chi connectivity index (χ0) is 19.7. The van der Waals surface area contributed by atoms with Crippen LogP contribution >= 0.6 is 0 Å². The predicted octanol–water partition coefficient (Wildman–Crippen LogP) is 5.81. The van der Waals surface area contributed by atoms with Crippen molar-refractivity contribution in [3.8, 4) is 0 Å². The van der Waals surface area contributed by atoms with Gasteiger partial charge >= 0.3 is 0 Å². The molecular formula is C21H36O3S. The van der Waals surface area contributed by atoms with E-state index in [0.29, 0.717) is 4.90 Å². The second-order valence-electron chi connectivity index (χ2n) is 9.46. The fourth-order valence-corrected chi connectivity index (χ4v) is 3.94. The summed E-state index contributed by atoms with van der Waals surface area (Å²) in [6, 6.07) is 5.87. The summed E-state index contributed by atoms with van der Waals surface area (Å²) in [6.07, 6.45) is 1.79. The monoisotopic (exact) mass is 368 g/mol. The Hall–Kier alpha value is -0.870. The fourth-order valence-electron chi connectivity index (χ4n) is 2.42. The summed E-state index contributed by atoms with van der Waals surface area (Å²) in [6.45, 7) is 18.7. The first-order valence-corrected chi connectivity index (χ1v) is 10.6. The van der Waals surface area contributed by atoms with Gasteiger partial charge in [-0.15, -0.1) is 0 Å². The van der Waals surface area contributed by atoms with Crippen molar-refractivity contribution in [3.05, 3.63) is 29.3 Å². The van der Waals surface area contributed by atoms with Crippen LogP contribution < -0.4 is 0 Å². The van der Waals surface area contributed by atoms with E-state index in [1.165, 1.54) is 0 Å². The topological polar surface area (TPSA) is 43.4 Å². The first-order chi connectivity index (χ1) is 11.2. The van der Waals surface area contributed by atoms with Gasteiger partial charge in [0.15, 0.2) is 0 Å². The molecule has 0 aliphatic rings. The minimum atomic E-state index is -3.81. The molecule has 0 aliphatic carbocycles. The van der Waals surface area contributed by atoms with Crippen molar-refractivity contribution in [1.29, 1.82) is 0 Å². The number of rotatable bonds is 7. The molecule has 0 saturated heterocycles. The zero-order valence-corrected chi connectivity index (χ0v) is 18.3. The highest BCUT2D eigenvalue weighted by atomic mass is 32.2. The lowest BCUT2D eigenvalue weighted by molar-refractivity contribution is 0.203. The third-order valence-electron chi connectivity index (χ3n) is 5.18. The Bertz CT molecular complexity index is 692. The number of hydrogen-bond acceptors (Lipinski definition) is 3. The summed E-state index contributed by atoms with van der Waals surface area (Å²) >= 11 is 0. The highest BCUT2D eigenvalue weighted by Crippen LogP contribution is 2.37. The normalized spacial score (nSPS) is 14.0. The van der Waals surface area contributed by atoms with Crippen molar-refractivity contribution in [1.82, 2.24) is 0 Å². The number of hydrogen-bond donors (Lipinski definition) is 0. The third-order valence-corrected chi connectivity index (χ3v) is 6.48. The molecule has 0 heterocycles. The number of benzene rings is 1. The average Bonchev–Trinajstić information content (AvgIpc) is 2.52. The summed E-state index contributed by atoms with van der Waals surface area (Å²) in [5.41, 5.74) is 1.34. The van der Waals surface area contributed by atoms with Crippen molar-refractivity contribution in [2.75, 3.05) is 6.61 Å². The van der Waals surface area contributed by atoms with Gasteiger partial charge in [0.1, 0.15) is 0 Å². The molecule has 0 unspecified atom stereocenters. The minimum absolute atomic E-state index is 0.0802. The van der Waals surface area contributed by atoms with Crippen LogP contribution in [0.3, 0.4) is 0 Å². The maximum Gasteiger partial charge on any atom is 0.297 e. The summed E-state index contributed by atoms with van der Waals surface area (Å²) < 4.78 is 31.4. The van der Waals surface area contributed by atoms with Crippen LogP contribution in [-0.2, 0) is 25.1 Å².